The van der Waals surface area contributed by atoms with Gasteiger partial charge in [0.15, 0.2) is 6.10 Å². The molecule has 1 atom stereocenters. The molecule has 1 heterocycles. The summed E-state index contributed by atoms with van der Waals surface area (Å²) in [6, 6.07) is 22.4. The molecule has 176 valence electrons. The molecule has 0 aromatic heterocycles. The van der Waals surface area contributed by atoms with Gasteiger partial charge in [-0.25, -0.2) is 0 Å². The van der Waals surface area contributed by atoms with Crippen LogP contribution in [0.1, 0.15) is 18.1 Å². The number of hydrogen-bond donors (Lipinski definition) is 1. The second kappa shape index (κ2) is 10.7. The SMILES string of the molecule is COc1cccc(CC(=O)Nc2ccc3c(c2)CN(CCOc2ccccc2)C(=O)[C@@H](C)O3)c1. The molecule has 3 aromatic carbocycles. The molecule has 0 fully saturated rings. The Labute approximate surface area is 199 Å². The lowest BCUT2D eigenvalue weighted by Crippen LogP contribution is -2.40. The average Bonchev–Trinajstić information content (AvgIpc) is 2.96. The monoisotopic (exact) mass is 460 g/mol. The van der Waals surface area contributed by atoms with E-state index in [0.29, 0.717) is 36.9 Å². The summed E-state index contributed by atoms with van der Waals surface area (Å²) in [6.45, 7) is 2.91. The molecule has 0 unspecified atom stereocenters. The van der Waals surface area contributed by atoms with E-state index in [1.807, 2.05) is 60.7 Å². The number of methoxy groups -OCH3 is 1. The van der Waals surface area contributed by atoms with E-state index in [0.717, 1.165) is 16.9 Å². The number of nitrogens with zero attached hydrogens (tertiary/aromatic N) is 1. The average molecular weight is 461 g/mol. The smallest absolute Gasteiger partial charge is 0.263 e. The molecule has 0 saturated heterocycles. The lowest BCUT2D eigenvalue weighted by Gasteiger charge is -2.22. The summed E-state index contributed by atoms with van der Waals surface area (Å²) in [6.07, 6.45) is -0.380. The molecule has 4 rings (SSSR count). The number of nitrogens with one attached hydrogen (secondary N) is 1. The Morgan fingerprint density at radius 3 is 2.65 bits per heavy atom. The Hall–Kier alpha value is -4.00. The van der Waals surface area contributed by atoms with E-state index in [9.17, 15) is 9.59 Å². The number of para-hydroxylation sites is 1. The number of benzene rings is 3. The van der Waals surface area contributed by atoms with Gasteiger partial charge in [-0.2, -0.15) is 0 Å². The molecule has 0 radical (unpaired) electrons. The van der Waals surface area contributed by atoms with E-state index in [2.05, 4.69) is 5.32 Å². The molecule has 7 heteroatoms. The molecule has 0 spiro atoms. The number of hydrogen-bond acceptors (Lipinski definition) is 5. The second-order valence-electron chi connectivity index (χ2n) is 8.08. The summed E-state index contributed by atoms with van der Waals surface area (Å²) in [4.78, 5) is 27.2. The summed E-state index contributed by atoms with van der Waals surface area (Å²) in [5.41, 5.74) is 2.34. The number of carbonyl (C=O) groups is 2. The standard InChI is InChI=1S/C27H28N2O5/c1-19-27(31)29(13-14-33-23-8-4-3-5-9-23)18-21-17-22(11-12-25(21)34-19)28-26(30)16-20-7-6-10-24(15-20)32-2/h3-12,15,17,19H,13-14,16,18H2,1-2H3,(H,28,30)/t19-/m1/s1. The van der Waals surface area contributed by atoms with E-state index in [1.54, 1.807) is 31.1 Å². The molecule has 0 bridgehead atoms. The molecule has 7 nitrogen and oxygen atoms in total. The van der Waals surface area contributed by atoms with Crippen LogP contribution in [0, 0.1) is 0 Å². The Balaban J connectivity index is 1.42. The number of rotatable bonds is 8. The third kappa shape index (κ3) is 5.86. The topological polar surface area (TPSA) is 77.1 Å². The Morgan fingerprint density at radius 1 is 1.06 bits per heavy atom. The molecule has 34 heavy (non-hydrogen) atoms. The van der Waals surface area contributed by atoms with Gasteiger partial charge in [0, 0.05) is 17.8 Å². The summed E-state index contributed by atoms with van der Waals surface area (Å²) in [5.74, 6) is 1.87. The molecule has 1 aliphatic heterocycles. The summed E-state index contributed by atoms with van der Waals surface area (Å²) in [7, 11) is 1.60. The predicted molar refractivity (Wildman–Crippen MR) is 129 cm³/mol. The van der Waals surface area contributed by atoms with Crippen molar-refractivity contribution in [3.63, 3.8) is 0 Å². The van der Waals surface area contributed by atoms with Crippen LogP contribution in [-0.4, -0.2) is 43.1 Å². The third-order valence-electron chi connectivity index (χ3n) is 5.54. The van der Waals surface area contributed by atoms with Crippen molar-refractivity contribution in [3.05, 3.63) is 83.9 Å². The van der Waals surface area contributed by atoms with Crippen LogP contribution in [0.5, 0.6) is 17.2 Å². The summed E-state index contributed by atoms with van der Waals surface area (Å²) in [5, 5.41) is 2.94. The first-order valence-electron chi connectivity index (χ1n) is 11.2. The highest BCUT2D eigenvalue weighted by molar-refractivity contribution is 5.92. The van der Waals surface area contributed by atoms with Crippen molar-refractivity contribution >= 4 is 17.5 Å². The van der Waals surface area contributed by atoms with Gasteiger partial charge in [-0.1, -0.05) is 30.3 Å². The Bertz CT molecular complexity index is 1150. The fourth-order valence-corrected chi connectivity index (χ4v) is 3.83. The second-order valence-corrected chi connectivity index (χ2v) is 8.08. The molecular weight excluding hydrogens is 432 g/mol. The number of ether oxygens (including phenoxy) is 3. The fraction of sp³-hybridized carbons (Fsp3) is 0.259. The van der Waals surface area contributed by atoms with Crippen LogP contribution >= 0.6 is 0 Å². The maximum atomic E-state index is 12.8. The zero-order chi connectivity index (χ0) is 23.9. The van der Waals surface area contributed by atoms with Crippen LogP contribution in [0.3, 0.4) is 0 Å². The normalized spacial score (nSPS) is 15.1. The van der Waals surface area contributed by atoms with Gasteiger partial charge in [-0.05, 0) is 55.0 Å². The quantitative estimate of drug-likeness (QED) is 0.549. The molecule has 2 amide bonds. The van der Waals surface area contributed by atoms with Gasteiger partial charge in [0.2, 0.25) is 5.91 Å². The highest BCUT2D eigenvalue weighted by Crippen LogP contribution is 2.29. The lowest BCUT2D eigenvalue weighted by molar-refractivity contribution is -0.138. The predicted octanol–water partition coefficient (Wildman–Crippen LogP) is 4.06. The lowest BCUT2D eigenvalue weighted by atomic mass is 10.1. The minimum Gasteiger partial charge on any atom is -0.497 e. The fourth-order valence-electron chi connectivity index (χ4n) is 3.83. The maximum absolute atomic E-state index is 12.8. The van der Waals surface area contributed by atoms with Crippen LogP contribution < -0.4 is 19.5 Å². The van der Waals surface area contributed by atoms with Gasteiger partial charge in [0.1, 0.15) is 23.9 Å². The van der Waals surface area contributed by atoms with Crippen molar-refractivity contribution in [2.75, 3.05) is 25.6 Å². The van der Waals surface area contributed by atoms with Crippen LogP contribution in [0.2, 0.25) is 0 Å². The molecule has 0 aliphatic carbocycles. The first-order valence-corrected chi connectivity index (χ1v) is 11.2. The summed E-state index contributed by atoms with van der Waals surface area (Å²) >= 11 is 0. The third-order valence-corrected chi connectivity index (χ3v) is 5.54. The van der Waals surface area contributed by atoms with Gasteiger partial charge in [-0.3, -0.25) is 9.59 Å². The first kappa shape index (κ1) is 23.2. The van der Waals surface area contributed by atoms with Crippen molar-refractivity contribution in [1.82, 2.24) is 4.90 Å². The Morgan fingerprint density at radius 2 is 1.85 bits per heavy atom. The van der Waals surface area contributed by atoms with Crippen molar-refractivity contribution in [2.45, 2.75) is 26.0 Å². The molecular formula is C27H28N2O5. The number of anilines is 1. The molecule has 3 aromatic rings. The van der Waals surface area contributed by atoms with Gasteiger partial charge in [-0.15, -0.1) is 0 Å². The van der Waals surface area contributed by atoms with Crippen LogP contribution in [0.4, 0.5) is 5.69 Å². The highest BCUT2D eigenvalue weighted by Gasteiger charge is 2.28. The summed E-state index contributed by atoms with van der Waals surface area (Å²) < 4.78 is 16.9. The van der Waals surface area contributed by atoms with Crippen molar-refractivity contribution in [3.8, 4) is 17.2 Å². The van der Waals surface area contributed by atoms with E-state index < -0.39 is 6.10 Å². The number of carbonyl (C=O) groups excluding carboxylic acids is 2. The zero-order valence-corrected chi connectivity index (χ0v) is 19.3. The van der Waals surface area contributed by atoms with Crippen molar-refractivity contribution in [1.29, 1.82) is 0 Å². The minimum absolute atomic E-state index is 0.100. The van der Waals surface area contributed by atoms with E-state index >= 15 is 0 Å². The Kier molecular flexibility index (Phi) is 7.32. The molecule has 1 aliphatic rings. The van der Waals surface area contributed by atoms with E-state index in [4.69, 9.17) is 14.2 Å². The van der Waals surface area contributed by atoms with Gasteiger partial charge in [0.05, 0.1) is 20.1 Å². The minimum atomic E-state index is -0.605. The largest absolute Gasteiger partial charge is 0.497 e. The van der Waals surface area contributed by atoms with Gasteiger partial charge >= 0.3 is 0 Å². The first-order chi connectivity index (χ1) is 16.5. The number of amides is 2. The number of fused-ring (bicyclic) bond motifs is 1. The van der Waals surface area contributed by atoms with Gasteiger partial charge in [0.25, 0.3) is 5.91 Å². The van der Waals surface area contributed by atoms with Crippen LogP contribution in [0.15, 0.2) is 72.8 Å². The van der Waals surface area contributed by atoms with Crippen LogP contribution in [-0.2, 0) is 22.6 Å². The van der Waals surface area contributed by atoms with Crippen molar-refractivity contribution < 1.29 is 23.8 Å². The molecule has 1 N–H and O–H groups in total. The maximum Gasteiger partial charge on any atom is 0.263 e. The van der Waals surface area contributed by atoms with E-state index in [-0.39, 0.29) is 18.2 Å². The van der Waals surface area contributed by atoms with Crippen LogP contribution in [0.25, 0.3) is 0 Å². The van der Waals surface area contributed by atoms with Gasteiger partial charge < -0.3 is 24.4 Å². The molecule has 0 saturated carbocycles. The van der Waals surface area contributed by atoms with Crippen molar-refractivity contribution in [2.24, 2.45) is 0 Å². The van der Waals surface area contributed by atoms with E-state index in [1.165, 1.54) is 0 Å². The highest BCUT2D eigenvalue weighted by atomic mass is 16.5. The zero-order valence-electron chi connectivity index (χ0n) is 19.3.